The van der Waals surface area contributed by atoms with Crippen molar-refractivity contribution in [1.82, 2.24) is 10.2 Å². The van der Waals surface area contributed by atoms with E-state index >= 15 is 0 Å². The van der Waals surface area contributed by atoms with Crippen LogP contribution < -0.4 is 9.62 Å². The van der Waals surface area contributed by atoms with Gasteiger partial charge in [-0.2, -0.15) is 0 Å². The van der Waals surface area contributed by atoms with Crippen molar-refractivity contribution in [2.75, 3.05) is 10.8 Å². The molecule has 1 N–H and O–H groups in total. The number of rotatable bonds is 10. The molecule has 3 aromatic rings. The number of hydrogen-bond donors (Lipinski definition) is 1. The van der Waals surface area contributed by atoms with E-state index in [1.165, 1.54) is 17.0 Å². The molecule has 1 saturated carbocycles. The number of carbonyl (C=O) groups excluding carboxylic acids is 2. The van der Waals surface area contributed by atoms with Gasteiger partial charge in [0.25, 0.3) is 10.0 Å². The van der Waals surface area contributed by atoms with E-state index in [9.17, 15) is 18.0 Å². The Kier molecular flexibility index (Phi) is 10.1. The van der Waals surface area contributed by atoms with E-state index in [4.69, 9.17) is 11.6 Å². The fourth-order valence-corrected chi connectivity index (χ4v) is 6.80. The van der Waals surface area contributed by atoms with Crippen molar-refractivity contribution in [2.45, 2.75) is 76.4 Å². The lowest BCUT2D eigenvalue weighted by atomic mass is 9.95. The van der Waals surface area contributed by atoms with E-state index in [0.29, 0.717) is 10.7 Å². The molecule has 0 spiro atoms. The lowest BCUT2D eigenvalue weighted by molar-refractivity contribution is -0.139. The maximum absolute atomic E-state index is 14.1. The predicted molar refractivity (Wildman–Crippen MR) is 163 cm³/mol. The zero-order chi connectivity index (χ0) is 29.6. The molecule has 2 amide bonds. The van der Waals surface area contributed by atoms with Crippen LogP contribution in [0.4, 0.5) is 5.69 Å². The van der Waals surface area contributed by atoms with Crippen LogP contribution in [0.25, 0.3) is 0 Å². The Morgan fingerprint density at radius 3 is 2.24 bits per heavy atom. The van der Waals surface area contributed by atoms with Crippen LogP contribution >= 0.6 is 11.6 Å². The molecule has 0 radical (unpaired) electrons. The Hall–Kier alpha value is -3.36. The first-order valence-corrected chi connectivity index (χ1v) is 15.9. The van der Waals surface area contributed by atoms with Crippen molar-refractivity contribution in [2.24, 2.45) is 0 Å². The topological polar surface area (TPSA) is 86.8 Å². The summed E-state index contributed by atoms with van der Waals surface area (Å²) < 4.78 is 29.1. The minimum atomic E-state index is -4.10. The highest BCUT2D eigenvalue weighted by atomic mass is 35.5. The molecule has 0 aromatic heterocycles. The van der Waals surface area contributed by atoms with Crippen molar-refractivity contribution >= 4 is 39.1 Å². The summed E-state index contributed by atoms with van der Waals surface area (Å²) in [4.78, 5) is 29.1. The van der Waals surface area contributed by atoms with E-state index in [1.54, 1.807) is 61.5 Å². The van der Waals surface area contributed by atoms with Gasteiger partial charge in [0.15, 0.2) is 0 Å². The minimum absolute atomic E-state index is 0.0797. The van der Waals surface area contributed by atoms with Crippen LogP contribution in [0.5, 0.6) is 0 Å². The number of hydrogen-bond acceptors (Lipinski definition) is 4. The molecule has 0 unspecified atom stereocenters. The molecule has 41 heavy (non-hydrogen) atoms. The highest BCUT2D eigenvalue weighted by Crippen LogP contribution is 2.29. The van der Waals surface area contributed by atoms with Gasteiger partial charge in [0.05, 0.1) is 10.6 Å². The largest absolute Gasteiger partial charge is 0.352 e. The number of amides is 2. The number of nitrogens with one attached hydrogen (secondary N) is 1. The standard InChI is InChI=1S/C32H38ClN3O4S/c1-23-11-10-16-30(24(23)2)36(41(39,40)29-14-8-5-9-15-29)22-31(37)35(21-26-17-19-27(33)20-18-26)25(3)32(38)34-28-12-6-4-7-13-28/h5,8-11,14-20,25,28H,4,6-7,12-13,21-22H2,1-3H3,(H,34,38)/t25-/m1/s1. The smallest absolute Gasteiger partial charge is 0.264 e. The number of sulfonamides is 1. The molecule has 3 aromatic carbocycles. The molecule has 1 fully saturated rings. The first kappa shape index (κ1) is 30.6. The molecule has 1 atom stereocenters. The van der Waals surface area contributed by atoms with E-state index in [0.717, 1.165) is 53.1 Å². The summed E-state index contributed by atoms with van der Waals surface area (Å²) in [7, 11) is -4.10. The third-order valence-corrected chi connectivity index (χ3v) is 9.87. The number of aryl methyl sites for hydroxylation is 1. The SMILES string of the molecule is Cc1cccc(N(CC(=O)N(Cc2ccc(Cl)cc2)[C@H](C)C(=O)NC2CCCCC2)S(=O)(=O)c2ccccc2)c1C. The molecule has 1 aliphatic carbocycles. The Bertz CT molecular complexity index is 1460. The molecule has 7 nitrogen and oxygen atoms in total. The number of anilines is 1. The Morgan fingerprint density at radius 1 is 0.927 bits per heavy atom. The molecule has 0 heterocycles. The third kappa shape index (κ3) is 7.49. The predicted octanol–water partition coefficient (Wildman–Crippen LogP) is 6.02. The Labute approximate surface area is 248 Å². The summed E-state index contributed by atoms with van der Waals surface area (Å²) in [5, 5.41) is 3.68. The van der Waals surface area contributed by atoms with Crippen LogP contribution in [0, 0.1) is 13.8 Å². The van der Waals surface area contributed by atoms with Crippen LogP contribution in [-0.2, 0) is 26.2 Å². The van der Waals surface area contributed by atoms with E-state index in [1.807, 2.05) is 19.9 Å². The molecular formula is C32H38ClN3O4S. The summed E-state index contributed by atoms with van der Waals surface area (Å²) in [6, 6.07) is 19.8. The fraction of sp³-hybridized carbons (Fsp3) is 0.375. The van der Waals surface area contributed by atoms with Crippen molar-refractivity contribution in [3.8, 4) is 0 Å². The average molecular weight is 596 g/mol. The molecule has 9 heteroatoms. The third-order valence-electron chi connectivity index (χ3n) is 7.84. The van der Waals surface area contributed by atoms with Gasteiger partial charge in [0, 0.05) is 17.6 Å². The number of benzene rings is 3. The van der Waals surface area contributed by atoms with Gasteiger partial charge in [0.2, 0.25) is 11.8 Å². The van der Waals surface area contributed by atoms with Gasteiger partial charge in [-0.1, -0.05) is 73.3 Å². The lowest BCUT2D eigenvalue weighted by Crippen LogP contribution is -2.53. The van der Waals surface area contributed by atoms with Crippen LogP contribution in [-0.4, -0.2) is 43.8 Å². The number of nitrogens with zero attached hydrogens (tertiary/aromatic N) is 2. The van der Waals surface area contributed by atoms with Crippen LogP contribution in [0.15, 0.2) is 77.7 Å². The van der Waals surface area contributed by atoms with Gasteiger partial charge in [-0.3, -0.25) is 13.9 Å². The van der Waals surface area contributed by atoms with Gasteiger partial charge in [-0.15, -0.1) is 0 Å². The van der Waals surface area contributed by atoms with Crippen molar-refractivity contribution < 1.29 is 18.0 Å². The quantitative estimate of drug-likeness (QED) is 0.311. The van der Waals surface area contributed by atoms with Gasteiger partial charge in [-0.25, -0.2) is 8.42 Å². The molecule has 1 aliphatic rings. The van der Waals surface area contributed by atoms with Gasteiger partial charge >= 0.3 is 0 Å². The highest BCUT2D eigenvalue weighted by molar-refractivity contribution is 7.92. The summed E-state index contributed by atoms with van der Waals surface area (Å²) >= 11 is 6.09. The van der Waals surface area contributed by atoms with E-state index in [2.05, 4.69) is 5.32 Å². The average Bonchev–Trinajstić information content (AvgIpc) is 2.97. The zero-order valence-electron chi connectivity index (χ0n) is 23.8. The summed E-state index contributed by atoms with van der Waals surface area (Å²) in [5.41, 5.74) is 2.87. The van der Waals surface area contributed by atoms with Crippen LogP contribution in [0.1, 0.15) is 55.7 Å². The summed E-state index contributed by atoms with van der Waals surface area (Å²) in [6.07, 6.45) is 5.12. The highest BCUT2D eigenvalue weighted by Gasteiger charge is 2.33. The molecule has 4 rings (SSSR count). The molecule has 0 aliphatic heterocycles. The first-order chi connectivity index (χ1) is 19.6. The van der Waals surface area contributed by atoms with Crippen molar-refractivity contribution in [3.63, 3.8) is 0 Å². The normalized spacial score (nSPS) is 14.7. The summed E-state index contributed by atoms with van der Waals surface area (Å²) in [6.45, 7) is 5.10. The monoisotopic (exact) mass is 595 g/mol. The molecular weight excluding hydrogens is 558 g/mol. The zero-order valence-corrected chi connectivity index (χ0v) is 25.4. The Morgan fingerprint density at radius 2 is 1.59 bits per heavy atom. The van der Waals surface area contributed by atoms with E-state index in [-0.39, 0.29) is 23.4 Å². The second kappa shape index (κ2) is 13.5. The minimum Gasteiger partial charge on any atom is -0.352 e. The van der Waals surface area contributed by atoms with Crippen LogP contribution in [0.2, 0.25) is 5.02 Å². The number of carbonyl (C=O) groups is 2. The van der Waals surface area contributed by atoms with Crippen LogP contribution in [0.3, 0.4) is 0 Å². The lowest BCUT2D eigenvalue weighted by Gasteiger charge is -2.33. The Balaban J connectivity index is 1.69. The molecule has 0 saturated heterocycles. The van der Waals surface area contributed by atoms with Gasteiger partial charge in [0.1, 0.15) is 12.6 Å². The maximum Gasteiger partial charge on any atom is 0.264 e. The molecule has 0 bridgehead atoms. The van der Waals surface area contributed by atoms with Crippen molar-refractivity contribution in [3.05, 3.63) is 94.5 Å². The second-order valence-electron chi connectivity index (χ2n) is 10.7. The van der Waals surface area contributed by atoms with Gasteiger partial charge in [-0.05, 0) is 80.6 Å². The maximum atomic E-state index is 14.1. The second-order valence-corrected chi connectivity index (χ2v) is 13.0. The van der Waals surface area contributed by atoms with Crippen molar-refractivity contribution in [1.29, 1.82) is 0 Å². The van der Waals surface area contributed by atoms with Gasteiger partial charge < -0.3 is 10.2 Å². The summed E-state index contributed by atoms with van der Waals surface area (Å²) in [5.74, 6) is -0.727. The number of halogens is 1. The fourth-order valence-electron chi connectivity index (χ4n) is 5.18. The first-order valence-electron chi connectivity index (χ1n) is 14.1. The molecule has 218 valence electrons. The van der Waals surface area contributed by atoms with E-state index < -0.39 is 28.5 Å².